The number of fused-ring (bicyclic) bond motifs is 1. The normalized spacial score (nSPS) is 17.4. The molecule has 2 aromatic carbocycles. The number of hydrogen-bond donors (Lipinski definition) is 2. The lowest BCUT2D eigenvalue weighted by molar-refractivity contribution is -0.184. The van der Waals surface area contributed by atoms with Crippen LogP contribution in [0.1, 0.15) is 28.1 Å². The van der Waals surface area contributed by atoms with Crippen molar-refractivity contribution in [2.45, 2.75) is 24.7 Å². The fourth-order valence-electron chi connectivity index (χ4n) is 3.77. The van der Waals surface area contributed by atoms with Crippen molar-refractivity contribution in [2.75, 3.05) is 26.8 Å². The molecule has 0 amide bonds. The molecule has 0 aliphatic carbocycles. The van der Waals surface area contributed by atoms with Crippen molar-refractivity contribution in [3.8, 4) is 11.4 Å². The molecule has 5 nitrogen and oxygen atoms in total. The minimum absolute atomic E-state index is 0.403. The molecule has 5 rings (SSSR count). The van der Waals surface area contributed by atoms with Crippen molar-refractivity contribution in [1.82, 2.24) is 14.9 Å². The van der Waals surface area contributed by atoms with Crippen LogP contribution in [-0.4, -0.2) is 46.8 Å². The molecule has 3 heterocycles. The number of halogens is 3. The Hall–Kier alpha value is -2.94. The van der Waals surface area contributed by atoms with Gasteiger partial charge >= 0.3 is 6.18 Å². The summed E-state index contributed by atoms with van der Waals surface area (Å²) < 4.78 is 42.5. The summed E-state index contributed by atoms with van der Waals surface area (Å²) in [6, 6.07) is 12.8. The van der Waals surface area contributed by atoms with E-state index < -0.39 is 17.3 Å². The van der Waals surface area contributed by atoms with Crippen molar-refractivity contribution in [3.63, 3.8) is 0 Å². The zero-order valence-electron chi connectivity index (χ0n) is 18.3. The average molecular weight is 457 g/mol. The molecule has 0 unspecified atom stereocenters. The number of aromatic amines is 1. The molecule has 8 heteroatoms. The van der Waals surface area contributed by atoms with Crippen molar-refractivity contribution in [1.29, 1.82) is 0 Å². The van der Waals surface area contributed by atoms with E-state index in [4.69, 9.17) is 4.74 Å². The summed E-state index contributed by atoms with van der Waals surface area (Å²) in [7, 11) is 2.03. The molecular formula is C25H26F3N3O2. The monoisotopic (exact) mass is 457 g/mol. The van der Waals surface area contributed by atoms with Gasteiger partial charge in [0.2, 0.25) is 0 Å². The smallest absolute Gasteiger partial charge is 0.380 e. The fourth-order valence-corrected chi connectivity index (χ4v) is 3.77. The minimum Gasteiger partial charge on any atom is -0.380 e. The van der Waals surface area contributed by atoms with Gasteiger partial charge in [-0.3, -0.25) is 0 Å². The highest BCUT2D eigenvalue weighted by Crippen LogP contribution is 2.31. The first-order chi connectivity index (χ1) is 15.7. The van der Waals surface area contributed by atoms with Crippen LogP contribution in [0, 0.1) is 0 Å². The van der Waals surface area contributed by atoms with Gasteiger partial charge in [0.05, 0.1) is 30.2 Å². The van der Waals surface area contributed by atoms with Crippen molar-refractivity contribution < 1.29 is 23.0 Å². The van der Waals surface area contributed by atoms with Crippen LogP contribution in [0.4, 0.5) is 13.2 Å². The van der Waals surface area contributed by atoms with Crippen molar-refractivity contribution in [2.24, 2.45) is 0 Å². The van der Waals surface area contributed by atoms with Gasteiger partial charge in [0, 0.05) is 25.1 Å². The predicted molar refractivity (Wildman–Crippen MR) is 120 cm³/mol. The van der Waals surface area contributed by atoms with Gasteiger partial charge in [0.25, 0.3) is 0 Å². The van der Waals surface area contributed by atoms with Crippen LogP contribution in [0.3, 0.4) is 0 Å². The number of hydrogen-bond acceptors (Lipinski definition) is 4. The molecule has 0 bridgehead atoms. The van der Waals surface area contributed by atoms with Gasteiger partial charge in [0.15, 0.2) is 0 Å². The van der Waals surface area contributed by atoms with E-state index >= 15 is 0 Å². The summed E-state index contributed by atoms with van der Waals surface area (Å²) in [5, 5.41) is 9.89. The lowest BCUT2D eigenvalue weighted by Crippen LogP contribution is -2.46. The number of aromatic nitrogens is 2. The van der Waals surface area contributed by atoms with Crippen LogP contribution in [0.5, 0.6) is 0 Å². The molecule has 33 heavy (non-hydrogen) atoms. The summed E-state index contributed by atoms with van der Waals surface area (Å²) in [4.78, 5) is 9.87. The van der Waals surface area contributed by atoms with Gasteiger partial charge < -0.3 is 19.7 Å². The van der Waals surface area contributed by atoms with Crippen molar-refractivity contribution in [3.05, 3.63) is 83.2 Å². The second-order valence-electron chi connectivity index (χ2n) is 8.42. The second kappa shape index (κ2) is 9.13. The maximum Gasteiger partial charge on any atom is 0.416 e. The average Bonchev–Trinajstić information content (AvgIpc) is 3.21. The quantitative estimate of drug-likeness (QED) is 0.602. The number of likely N-dealkylation sites (N-methyl/N-ethyl adjacent to an activating group) is 1. The number of benzene rings is 2. The molecule has 1 aromatic heterocycles. The molecule has 0 spiro atoms. The number of nitrogens with zero attached hydrogens (tertiary/aromatic N) is 2. The van der Waals surface area contributed by atoms with E-state index in [1.165, 1.54) is 12.1 Å². The maximum absolute atomic E-state index is 12.5. The molecule has 2 aliphatic rings. The van der Waals surface area contributed by atoms with E-state index in [2.05, 4.69) is 21.4 Å². The van der Waals surface area contributed by atoms with E-state index in [-0.39, 0.29) is 0 Å². The predicted octanol–water partition coefficient (Wildman–Crippen LogP) is 4.63. The summed E-state index contributed by atoms with van der Waals surface area (Å²) in [6.07, 6.45) is -1.66. The largest absolute Gasteiger partial charge is 0.416 e. The molecule has 3 aromatic rings. The van der Waals surface area contributed by atoms with E-state index in [1.54, 1.807) is 6.08 Å². The number of rotatable bonds is 3. The third-order valence-corrected chi connectivity index (χ3v) is 5.87. The summed E-state index contributed by atoms with van der Waals surface area (Å²) in [5.41, 5.74) is 3.33. The lowest BCUT2D eigenvalue weighted by Gasteiger charge is -2.36. The number of H-pyrrole nitrogens is 1. The molecule has 1 fully saturated rings. The van der Waals surface area contributed by atoms with Crippen LogP contribution >= 0.6 is 0 Å². The Morgan fingerprint density at radius 2 is 1.79 bits per heavy atom. The first-order valence-corrected chi connectivity index (χ1v) is 10.6. The SMILES string of the molecule is C=Cc1ccc(C2(O)COC2)cc1.CN1CCc2nc(-c3ccc(C(F)(F)F)cc3)[nH]c2C1. The van der Waals surface area contributed by atoms with E-state index in [0.29, 0.717) is 24.6 Å². The Balaban J connectivity index is 0.000000172. The van der Waals surface area contributed by atoms with Crippen LogP contribution in [0.15, 0.2) is 55.1 Å². The van der Waals surface area contributed by atoms with Gasteiger partial charge in [-0.15, -0.1) is 0 Å². The van der Waals surface area contributed by atoms with Crippen LogP contribution < -0.4 is 0 Å². The first-order valence-electron chi connectivity index (χ1n) is 10.6. The Kier molecular flexibility index (Phi) is 6.43. The zero-order chi connectivity index (χ0) is 23.6. The van der Waals surface area contributed by atoms with Gasteiger partial charge in [-0.2, -0.15) is 13.2 Å². The molecule has 0 atom stereocenters. The Morgan fingerprint density at radius 3 is 2.33 bits per heavy atom. The van der Waals surface area contributed by atoms with Gasteiger partial charge in [0.1, 0.15) is 11.4 Å². The third-order valence-electron chi connectivity index (χ3n) is 5.87. The molecule has 174 valence electrons. The van der Waals surface area contributed by atoms with Gasteiger partial charge in [-0.1, -0.05) is 49.1 Å². The Labute approximate surface area is 190 Å². The summed E-state index contributed by atoms with van der Waals surface area (Å²) in [6.45, 7) is 6.22. The third kappa shape index (κ3) is 5.19. The fraction of sp³-hybridized carbons (Fsp3) is 0.320. The lowest BCUT2D eigenvalue weighted by atomic mass is 9.91. The molecule has 0 saturated carbocycles. The number of ether oxygens (including phenoxy) is 1. The topological polar surface area (TPSA) is 61.4 Å². The first kappa shape index (κ1) is 23.2. The van der Waals surface area contributed by atoms with Crippen LogP contribution in [0.2, 0.25) is 0 Å². The molecular weight excluding hydrogens is 431 g/mol. The second-order valence-corrected chi connectivity index (χ2v) is 8.42. The van der Waals surface area contributed by atoms with Crippen LogP contribution in [0.25, 0.3) is 17.5 Å². The number of nitrogens with one attached hydrogen (secondary N) is 1. The number of imidazole rings is 1. The summed E-state index contributed by atoms with van der Waals surface area (Å²) in [5.74, 6) is 0.638. The molecule has 2 N–H and O–H groups in total. The minimum atomic E-state index is -4.30. The highest BCUT2D eigenvalue weighted by Gasteiger charge is 2.37. The van der Waals surface area contributed by atoms with Crippen molar-refractivity contribution >= 4 is 6.08 Å². The number of alkyl halides is 3. The van der Waals surface area contributed by atoms with Gasteiger partial charge in [-0.25, -0.2) is 4.98 Å². The molecule has 2 aliphatic heterocycles. The highest BCUT2D eigenvalue weighted by atomic mass is 19.4. The molecule has 1 saturated heterocycles. The summed E-state index contributed by atoms with van der Waals surface area (Å²) >= 11 is 0. The Morgan fingerprint density at radius 1 is 1.12 bits per heavy atom. The number of aliphatic hydroxyl groups is 1. The zero-order valence-corrected chi connectivity index (χ0v) is 18.3. The van der Waals surface area contributed by atoms with Gasteiger partial charge in [-0.05, 0) is 30.3 Å². The Bertz CT molecular complexity index is 1100. The van der Waals surface area contributed by atoms with E-state index in [9.17, 15) is 18.3 Å². The maximum atomic E-state index is 12.5. The standard InChI is InChI=1S/C14H14F3N3.C11H12O2/c1-20-7-6-11-12(8-20)19-13(18-11)9-2-4-10(5-3-9)14(15,16)17;1-2-9-3-5-10(6-4-9)11(12)7-13-8-11/h2-5H,6-8H2,1H3,(H,18,19);2-6,12H,1,7-8H2. The van der Waals surface area contributed by atoms with E-state index in [0.717, 1.165) is 54.2 Å². The molecule has 0 radical (unpaired) electrons. The van der Waals surface area contributed by atoms with Crippen LogP contribution in [-0.2, 0) is 29.5 Å². The highest BCUT2D eigenvalue weighted by molar-refractivity contribution is 5.57. The van der Waals surface area contributed by atoms with E-state index in [1.807, 2.05) is 31.3 Å².